The van der Waals surface area contributed by atoms with Gasteiger partial charge in [0.05, 0.1) is 19.2 Å². The summed E-state index contributed by atoms with van der Waals surface area (Å²) in [5.74, 6) is 0.852. The lowest BCUT2D eigenvalue weighted by Gasteiger charge is -2.13. The lowest BCUT2D eigenvalue weighted by atomic mass is 10.1. The Morgan fingerprint density at radius 1 is 1.09 bits per heavy atom. The second-order valence-electron chi connectivity index (χ2n) is 7.56. The average Bonchev–Trinajstić information content (AvgIpc) is 3.32. The van der Waals surface area contributed by atoms with Crippen LogP contribution in [-0.4, -0.2) is 33.1 Å². The summed E-state index contributed by atoms with van der Waals surface area (Å²) in [4.78, 5) is 24.1. The van der Waals surface area contributed by atoms with Crippen molar-refractivity contribution in [3.63, 3.8) is 0 Å². The van der Waals surface area contributed by atoms with Gasteiger partial charge in [0.1, 0.15) is 21.5 Å². The van der Waals surface area contributed by atoms with Crippen LogP contribution in [0.3, 0.4) is 0 Å². The molecule has 9 heteroatoms. The minimum Gasteiger partial charge on any atom is -0.465 e. The molecular weight excluding hydrogens is 440 g/mol. The third-order valence-electron chi connectivity index (χ3n) is 4.86. The van der Waals surface area contributed by atoms with E-state index in [1.165, 1.54) is 17.9 Å². The minimum absolute atomic E-state index is 0.192. The average molecular weight is 463 g/mol. The van der Waals surface area contributed by atoms with Gasteiger partial charge in [0.15, 0.2) is 0 Å². The van der Waals surface area contributed by atoms with Crippen molar-refractivity contribution >= 4 is 17.3 Å². The van der Waals surface area contributed by atoms with Crippen LogP contribution in [-0.2, 0) is 11.3 Å². The van der Waals surface area contributed by atoms with Gasteiger partial charge in [-0.15, -0.1) is 10.2 Å². The number of hydrogen-bond acceptors (Lipinski definition) is 8. The summed E-state index contributed by atoms with van der Waals surface area (Å²) in [6.07, 6.45) is 1.54. The first-order chi connectivity index (χ1) is 15.9. The first-order valence-electron chi connectivity index (χ1n) is 10.3. The van der Waals surface area contributed by atoms with Crippen LogP contribution in [0.1, 0.15) is 40.7 Å². The molecule has 0 atom stereocenters. The number of ether oxygens (including phenoxy) is 2. The molecular formula is C24H22N4O4S. The van der Waals surface area contributed by atoms with E-state index < -0.39 is 5.97 Å². The van der Waals surface area contributed by atoms with E-state index in [4.69, 9.17) is 9.47 Å². The van der Waals surface area contributed by atoms with Crippen molar-refractivity contribution in [1.29, 1.82) is 0 Å². The van der Waals surface area contributed by atoms with E-state index in [1.54, 1.807) is 41.8 Å². The predicted octanol–water partition coefficient (Wildman–Crippen LogP) is 4.51. The summed E-state index contributed by atoms with van der Waals surface area (Å²) >= 11 is 1.56. The molecule has 2 heterocycles. The van der Waals surface area contributed by atoms with E-state index in [0.29, 0.717) is 28.5 Å². The quantitative estimate of drug-likeness (QED) is 0.373. The van der Waals surface area contributed by atoms with Crippen LogP contribution in [0.5, 0.6) is 11.5 Å². The number of methoxy groups -OCH3 is 1. The number of carbonyl (C=O) groups is 1. The maximum absolute atomic E-state index is 12.1. The zero-order valence-corrected chi connectivity index (χ0v) is 19.2. The largest absolute Gasteiger partial charge is 0.465 e. The van der Waals surface area contributed by atoms with Gasteiger partial charge >= 0.3 is 5.97 Å². The van der Waals surface area contributed by atoms with Gasteiger partial charge < -0.3 is 9.47 Å². The van der Waals surface area contributed by atoms with Crippen molar-refractivity contribution in [2.45, 2.75) is 26.3 Å². The van der Waals surface area contributed by atoms with Gasteiger partial charge in [-0.05, 0) is 42.5 Å². The molecule has 0 aliphatic carbocycles. The third kappa shape index (κ3) is 5.15. The Morgan fingerprint density at radius 2 is 1.88 bits per heavy atom. The van der Waals surface area contributed by atoms with Crippen molar-refractivity contribution in [1.82, 2.24) is 20.0 Å². The molecule has 4 rings (SSSR count). The number of aromatic nitrogens is 4. The molecule has 0 bridgehead atoms. The molecule has 0 saturated carbocycles. The van der Waals surface area contributed by atoms with Crippen LogP contribution in [0.25, 0.3) is 10.6 Å². The lowest BCUT2D eigenvalue weighted by Crippen LogP contribution is -2.22. The molecule has 0 N–H and O–H groups in total. The fraction of sp³-hybridized carbons (Fsp3) is 0.208. The van der Waals surface area contributed by atoms with E-state index in [-0.39, 0.29) is 12.1 Å². The summed E-state index contributed by atoms with van der Waals surface area (Å²) < 4.78 is 12.3. The van der Waals surface area contributed by atoms with Crippen LogP contribution in [0.15, 0.2) is 65.6 Å². The Morgan fingerprint density at radius 3 is 2.55 bits per heavy atom. The molecule has 0 aliphatic rings. The van der Waals surface area contributed by atoms with Crippen molar-refractivity contribution in [3.05, 3.63) is 87.3 Å². The predicted molar refractivity (Wildman–Crippen MR) is 125 cm³/mol. The van der Waals surface area contributed by atoms with E-state index in [2.05, 4.69) is 29.1 Å². The molecule has 0 aliphatic heterocycles. The summed E-state index contributed by atoms with van der Waals surface area (Å²) in [6, 6.07) is 15.5. The zero-order chi connectivity index (χ0) is 23.4. The van der Waals surface area contributed by atoms with E-state index >= 15 is 0 Å². The van der Waals surface area contributed by atoms with E-state index in [1.807, 2.05) is 24.3 Å². The Balaban J connectivity index is 1.63. The van der Waals surface area contributed by atoms with Crippen molar-refractivity contribution < 1.29 is 14.3 Å². The molecule has 0 saturated heterocycles. The highest BCUT2D eigenvalue weighted by atomic mass is 32.1. The SMILES string of the molecule is COC(=O)c1ccc(Cn2ncccc2=O)c(Oc2ccc(-c3nnc(C(C)C)s3)cc2)c1. The maximum atomic E-state index is 12.1. The number of carbonyl (C=O) groups excluding carboxylic acids is 1. The highest BCUT2D eigenvalue weighted by Gasteiger charge is 2.14. The van der Waals surface area contributed by atoms with Gasteiger partial charge in [-0.2, -0.15) is 5.10 Å². The molecule has 0 spiro atoms. The van der Waals surface area contributed by atoms with E-state index in [9.17, 15) is 9.59 Å². The first kappa shape index (κ1) is 22.3. The first-order valence-corrected chi connectivity index (χ1v) is 11.1. The molecule has 8 nitrogen and oxygen atoms in total. The highest BCUT2D eigenvalue weighted by molar-refractivity contribution is 7.14. The number of nitrogens with zero attached hydrogens (tertiary/aromatic N) is 4. The third-order valence-corrected chi connectivity index (χ3v) is 6.13. The zero-order valence-electron chi connectivity index (χ0n) is 18.4. The molecule has 0 amide bonds. The number of benzene rings is 2. The monoisotopic (exact) mass is 462 g/mol. The minimum atomic E-state index is -0.478. The normalized spacial score (nSPS) is 10.9. The molecule has 2 aromatic heterocycles. The smallest absolute Gasteiger partial charge is 0.337 e. The Bertz CT molecular complexity index is 1330. The molecule has 0 unspecified atom stereocenters. The second kappa shape index (κ2) is 9.74. The maximum Gasteiger partial charge on any atom is 0.337 e. The highest BCUT2D eigenvalue weighted by Crippen LogP contribution is 2.31. The van der Waals surface area contributed by atoms with Crippen LogP contribution < -0.4 is 10.3 Å². The van der Waals surface area contributed by atoms with Gasteiger partial charge in [-0.3, -0.25) is 4.79 Å². The molecule has 4 aromatic rings. The number of hydrogen-bond donors (Lipinski definition) is 0. The summed E-state index contributed by atoms with van der Waals surface area (Å²) in [5.41, 5.74) is 1.74. The molecule has 2 aromatic carbocycles. The summed E-state index contributed by atoms with van der Waals surface area (Å²) in [6.45, 7) is 4.36. The second-order valence-corrected chi connectivity index (χ2v) is 8.57. The van der Waals surface area contributed by atoms with E-state index in [0.717, 1.165) is 15.6 Å². The van der Waals surface area contributed by atoms with Gasteiger partial charge in [0.25, 0.3) is 5.56 Å². The van der Waals surface area contributed by atoms with Crippen molar-refractivity contribution in [3.8, 4) is 22.1 Å². The van der Waals surface area contributed by atoms with Gasteiger partial charge in [-0.1, -0.05) is 31.3 Å². The topological polar surface area (TPSA) is 96.2 Å². The molecule has 0 fully saturated rings. The van der Waals surface area contributed by atoms with Crippen molar-refractivity contribution in [2.24, 2.45) is 0 Å². The Kier molecular flexibility index (Phi) is 6.60. The van der Waals surface area contributed by atoms with Crippen molar-refractivity contribution in [2.75, 3.05) is 7.11 Å². The van der Waals surface area contributed by atoms with Crippen LogP contribution in [0.2, 0.25) is 0 Å². The van der Waals surface area contributed by atoms with Crippen LogP contribution in [0.4, 0.5) is 0 Å². The number of rotatable bonds is 7. The van der Waals surface area contributed by atoms with Crippen LogP contribution in [0, 0.1) is 0 Å². The standard InChI is InChI=1S/C24H22N4O4S/c1-15(2)22-26-27-23(33-22)16-8-10-19(11-9-16)32-20-13-17(24(30)31-3)6-7-18(20)14-28-21(29)5-4-12-25-28/h4-13,15H,14H2,1-3H3. The fourth-order valence-corrected chi connectivity index (χ4v) is 3.92. The van der Waals surface area contributed by atoms with Crippen LogP contribution >= 0.6 is 11.3 Å². The fourth-order valence-electron chi connectivity index (χ4n) is 3.07. The van der Waals surface area contributed by atoms with Gasteiger partial charge in [-0.25, -0.2) is 9.48 Å². The van der Waals surface area contributed by atoms with Gasteiger partial charge in [0.2, 0.25) is 0 Å². The summed E-state index contributed by atoms with van der Waals surface area (Å²) in [5, 5.41) is 14.4. The summed E-state index contributed by atoms with van der Waals surface area (Å²) in [7, 11) is 1.32. The molecule has 168 valence electrons. The van der Waals surface area contributed by atoms with Gasteiger partial charge in [0, 0.05) is 29.3 Å². The molecule has 33 heavy (non-hydrogen) atoms. The lowest BCUT2D eigenvalue weighted by molar-refractivity contribution is 0.0600. The Hall–Kier alpha value is -3.85. The molecule has 0 radical (unpaired) electrons. The number of esters is 1. The Labute approximate surface area is 194 Å².